The van der Waals surface area contributed by atoms with Gasteiger partial charge in [0.2, 0.25) is 0 Å². The van der Waals surface area contributed by atoms with Crippen molar-refractivity contribution in [2.75, 3.05) is 0 Å². The van der Waals surface area contributed by atoms with Crippen LogP contribution in [0, 0.1) is 12.3 Å². The third kappa shape index (κ3) is 5.05. The van der Waals surface area contributed by atoms with Gasteiger partial charge in [-0.15, -0.1) is 6.42 Å². The lowest BCUT2D eigenvalue weighted by atomic mass is 9.78. The Balaban J connectivity index is 1.61. The third-order valence-electron chi connectivity index (χ3n) is 5.34. The average molecular weight is 369 g/mol. The molecule has 3 rings (SSSR count). The third-order valence-corrected chi connectivity index (χ3v) is 5.34. The predicted molar refractivity (Wildman–Crippen MR) is 118 cm³/mol. The maximum Gasteiger partial charge on any atom is 0.127 e. The minimum atomic E-state index is -0.232. The zero-order chi connectivity index (χ0) is 19.8. The normalized spacial score (nSPS) is 12.8. The first-order valence-corrected chi connectivity index (χ1v) is 10.0. The van der Waals surface area contributed by atoms with E-state index in [0.29, 0.717) is 0 Å². The van der Waals surface area contributed by atoms with E-state index in [1.807, 2.05) is 36.4 Å². The standard InChI is InChI=1S/C27H28O/c1-4-22-16-18-24(19-17-22)27(3,5-2)20-10-12-23-11-9-15-26(21-23)28-25-13-7-6-8-14-25/h2,6-9,11,13-19,21H,4,10,12,20H2,1,3H3. The van der Waals surface area contributed by atoms with Gasteiger partial charge >= 0.3 is 0 Å². The lowest BCUT2D eigenvalue weighted by Crippen LogP contribution is -2.19. The minimum Gasteiger partial charge on any atom is -0.457 e. The number of para-hydroxylation sites is 1. The number of terminal acetylenes is 1. The maximum atomic E-state index is 5.95. The van der Waals surface area contributed by atoms with E-state index >= 15 is 0 Å². The molecule has 1 heteroatoms. The Morgan fingerprint density at radius 3 is 2.25 bits per heavy atom. The van der Waals surface area contributed by atoms with Gasteiger partial charge in [0.15, 0.2) is 0 Å². The summed E-state index contributed by atoms with van der Waals surface area (Å²) in [6.45, 7) is 4.34. The van der Waals surface area contributed by atoms with Crippen molar-refractivity contribution in [2.24, 2.45) is 0 Å². The molecule has 0 aliphatic heterocycles. The van der Waals surface area contributed by atoms with Gasteiger partial charge in [-0.2, -0.15) is 0 Å². The van der Waals surface area contributed by atoms with E-state index in [4.69, 9.17) is 11.2 Å². The molecule has 0 spiro atoms. The summed E-state index contributed by atoms with van der Waals surface area (Å²) in [4.78, 5) is 0. The Morgan fingerprint density at radius 1 is 0.857 bits per heavy atom. The van der Waals surface area contributed by atoms with E-state index in [-0.39, 0.29) is 5.41 Å². The first kappa shape index (κ1) is 19.8. The zero-order valence-corrected chi connectivity index (χ0v) is 16.8. The van der Waals surface area contributed by atoms with Gasteiger partial charge in [-0.05, 0) is 73.6 Å². The summed E-state index contributed by atoms with van der Waals surface area (Å²) in [5.74, 6) is 4.77. The van der Waals surface area contributed by atoms with Crippen LogP contribution in [0.25, 0.3) is 0 Å². The Morgan fingerprint density at radius 2 is 1.57 bits per heavy atom. The van der Waals surface area contributed by atoms with Gasteiger partial charge in [0.1, 0.15) is 11.5 Å². The molecule has 0 N–H and O–H groups in total. The molecule has 0 heterocycles. The van der Waals surface area contributed by atoms with Gasteiger partial charge in [-0.1, -0.05) is 67.4 Å². The molecule has 142 valence electrons. The van der Waals surface area contributed by atoms with Crippen LogP contribution < -0.4 is 4.74 Å². The average Bonchev–Trinajstić information content (AvgIpc) is 2.75. The van der Waals surface area contributed by atoms with E-state index in [9.17, 15) is 0 Å². The van der Waals surface area contributed by atoms with Gasteiger partial charge in [-0.3, -0.25) is 0 Å². The van der Waals surface area contributed by atoms with Crippen LogP contribution >= 0.6 is 0 Å². The molecule has 0 aliphatic carbocycles. The van der Waals surface area contributed by atoms with E-state index < -0.39 is 0 Å². The molecule has 1 nitrogen and oxygen atoms in total. The van der Waals surface area contributed by atoms with Crippen molar-refractivity contribution in [2.45, 2.75) is 44.9 Å². The summed E-state index contributed by atoms with van der Waals surface area (Å²) in [6, 6.07) is 27.0. The van der Waals surface area contributed by atoms with Crippen molar-refractivity contribution in [3.63, 3.8) is 0 Å². The SMILES string of the molecule is C#CC(C)(CCCc1cccc(Oc2ccccc2)c1)c1ccc(CC)cc1. The highest BCUT2D eigenvalue weighted by molar-refractivity contribution is 5.36. The second-order valence-electron chi connectivity index (χ2n) is 7.44. The Bertz CT molecular complexity index is 918. The predicted octanol–water partition coefficient (Wildman–Crippen LogP) is 6.96. The maximum absolute atomic E-state index is 5.95. The zero-order valence-electron chi connectivity index (χ0n) is 16.8. The van der Waals surface area contributed by atoms with Crippen molar-refractivity contribution < 1.29 is 4.74 Å². The van der Waals surface area contributed by atoms with Crippen LogP contribution in [-0.2, 0) is 18.3 Å². The highest BCUT2D eigenvalue weighted by Gasteiger charge is 2.23. The number of benzene rings is 3. The van der Waals surface area contributed by atoms with Crippen LogP contribution in [0.15, 0.2) is 78.9 Å². The lowest BCUT2D eigenvalue weighted by Gasteiger charge is -2.24. The van der Waals surface area contributed by atoms with Gasteiger partial charge in [0.25, 0.3) is 0 Å². The molecule has 1 unspecified atom stereocenters. The number of hydrogen-bond acceptors (Lipinski definition) is 1. The topological polar surface area (TPSA) is 9.23 Å². The summed E-state index contributed by atoms with van der Waals surface area (Å²) in [6.07, 6.45) is 9.95. The quantitative estimate of drug-likeness (QED) is 0.391. The van der Waals surface area contributed by atoms with Crippen LogP contribution in [0.5, 0.6) is 11.5 Å². The van der Waals surface area contributed by atoms with Crippen LogP contribution in [0.2, 0.25) is 0 Å². The highest BCUT2D eigenvalue weighted by atomic mass is 16.5. The molecule has 28 heavy (non-hydrogen) atoms. The van der Waals surface area contributed by atoms with E-state index in [1.165, 1.54) is 16.7 Å². The van der Waals surface area contributed by atoms with Gasteiger partial charge in [0.05, 0.1) is 5.41 Å². The second-order valence-corrected chi connectivity index (χ2v) is 7.44. The fraction of sp³-hybridized carbons (Fsp3) is 0.259. The van der Waals surface area contributed by atoms with Crippen molar-refractivity contribution >= 4 is 0 Å². The highest BCUT2D eigenvalue weighted by Crippen LogP contribution is 2.30. The van der Waals surface area contributed by atoms with E-state index in [2.05, 4.69) is 62.2 Å². The molecular formula is C27H28O. The molecule has 1 atom stereocenters. The van der Waals surface area contributed by atoms with Gasteiger partial charge in [0, 0.05) is 0 Å². The molecule has 3 aromatic rings. The summed E-state index contributed by atoms with van der Waals surface area (Å²) >= 11 is 0. The van der Waals surface area contributed by atoms with Crippen LogP contribution in [-0.4, -0.2) is 0 Å². The number of aryl methyl sites for hydroxylation is 2. The molecule has 0 radical (unpaired) electrons. The summed E-state index contributed by atoms with van der Waals surface area (Å²) in [7, 11) is 0. The Labute approximate surface area is 169 Å². The van der Waals surface area contributed by atoms with Crippen molar-refractivity contribution in [3.05, 3.63) is 95.6 Å². The largest absolute Gasteiger partial charge is 0.457 e. The number of hydrogen-bond donors (Lipinski definition) is 0. The monoisotopic (exact) mass is 368 g/mol. The molecule has 0 aliphatic rings. The smallest absolute Gasteiger partial charge is 0.127 e. The molecule has 0 fully saturated rings. The van der Waals surface area contributed by atoms with Crippen molar-refractivity contribution in [3.8, 4) is 23.8 Å². The molecule has 0 bridgehead atoms. The molecular weight excluding hydrogens is 340 g/mol. The summed E-state index contributed by atoms with van der Waals surface area (Å²) < 4.78 is 5.95. The molecule has 3 aromatic carbocycles. The fourth-order valence-electron chi connectivity index (χ4n) is 3.44. The van der Waals surface area contributed by atoms with E-state index in [1.54, 1.807) is 0 Å². The Kier molecular flexibility index (Phi) is 6.56. The van der Waals surface area contributed by atoms with E-state index in [0.717, 1.165) is 37.2 Å². The molecule has 0 aromatic heterocycles. The minimum absolute atomic E-state index is 0.232. The van der Waals surface area contributed by atoms with Crippen LogP contribution in [0.3, 0.4) is 0 Å². The number of ether oxygens (including phenoxy) is 1. The van der Waals surface area contributed by atoms with Crippen molar-refractivity contribution in [1.29, 1.82) is 0 Å². The second kappa shape index (κ2) is 9.29. The summed E-state index contributed by atoms with van der Waals surface area (Å²) in [5, 5.41) is 0. The lowest BCUT2D eigenvalue weighted by molar-refractivity contribution is 0.481. The van der Waals surface area contributed by atoms with Crippen LogP contribution in [0.1, 0.15) is 43.4 Å². The van der Waals surface area contributed by atoms with Crippen LogP contribution in [0.4, 0.5) is 0 Å². The van der Waals surface area contributed by atoms with Gasteiger partial charge < -0.3 is 4.74 Å². The number of rotatable bonds is 8. The first-order valence-electron chi connectivity index (χ1n) is 10.0. The van der Waals surface area contributed by atoms with Crippen molar-refractivity contribution in [1.82, 2.24) is 0 Å². The molecule has 0 saturated carbocycles. The molecule has 0 saturated heterocycles. The van der Waals surface area contributed by atoms with Gasteiger partial charge in [-0.25, -0.2) is 0 Å². The Hall–Kier alpha value is -2.98. The first-order chi connectivity index (χ1) is 13.6. The fourth-order valence-corrected chi connectivity index (χ4v) is 3.44. The molecule has 0 amide bonds. The summed E-state index contributed by atoms with van der Waals surface area (Å²) in [5.41, 5.74) is 3.62.